The van der Waals surface area contributed by atoms with E-state index in [1.807, 2.05) is 35.4 Å². The molecule has 0 unspecified atom stereocenters. The lowest BCUT2D eigenvalue weighted by atomic mass is 10.2. The van der Waals surface area contributed by atoms with E-state index in [1.165, 1.54) is 12.1 Å². The fourth-order valence-corrected chi connectivity index (χ4v) is 4.16. The van der Waals surface area contributed by atoms with Gasteiger partial charge in [-0.15, -0.1) is 11.3 Å². The Morgan fingerprint density at radius 3 is 2.73 bits per heavy atom. The van der Waals surface area contributed by atoms with Crippen LogP contribution in [0.25, 0.3) is 0 Å². The van der Waals surface area contributed by atoms with Crippen molar-refractivity contribution in [3.8, 4) is 5.75 Å². The fourth-order valence-electron chi connectivity index (χ4n) is 3.56. The Morgan fingerprint density at radius 2 is 1.97 bits per heavy atom. The zero-order valence-corrected chi connectivity index (χ0v) is 17.7. The predicted octanol–water partition coefficient (Wildman–Crippen LogP) is 4.52. The molecule has 1 saturated heterocycles. The third-order valence-electron chi connectivity index (χ3n) is 5.11. The lowest BCUT2D eigenvalue weighted by Gasteiger charge is -2.24. The molecule has 0 spiro atoms. The predicted molar refractivity (Wildman–Crippen MR) is 117 cm³/mol. The number of rotatable bonds is 5. The SMILES string of the molecule is Cc1nc(COc2cccc(C(=O)N3CCCN(c4ccc(F)cc4)CC3)c2)cs1. The van der Waals surface area contributed by atoms with Gasteiger partial charge >= 0.3 is 0 Å². The molecule has 156 valence electrons. The maximum atomic E-state index is 13.2. The maximum absolute atomic E-state index is 13.2. The quantitative estimate of drug-likeness (QED) is 0.603. The highest BCUT2D eigenvalue weighted by molar-refractivity contribution is 7.09. The van der Waals surface area contributed by atoms with Crippen LogP contribution in [-0.2, 0) is 6.61 Å². The molecule has 1 aromatic heterocycles. The summed E-state index contributed by atoms with van der Waals surface area (Å²) in [6, 6.07) is 13.8. The normalized spacial score (nSPS) is 14.5. The van der Waals surface area contributed by atoms with Gasteiger partial charge in [0, 0.05) is 42.8 Å². The number of hydrogen-bond acceptors (Lipinski definition) is 5. The van der Waals surface area contributed by atoms with Gasteiger partial charge in [0.25, 0.3) is 5.91 Å². The number of aromatic nitrogens is 1. The molecule has 3 aromatic rings. The first-order valence-electron chi connectivity index (χ1n) is 10.0. The smallest absolute Gasteiger partial charge is 0.254 e. The van der Waals surface area contributed by atoms with E-state index >= 15 is 0 Å². The Hall–Kier alpha value is -2.93. The number of nitrogens with zero attached hydrogens (tertiary/aromatic N) is 3. The summed E-state index contributed by atoms with van der Waals surface area (Å²) in [4.78, 5) is 21.5. The van der Waals surface area contributed by atoms with Gasteiger partial charge in [0.2, 0.25) is 0 Å². The van der Waals surface area contributed by atoms with E-state index in [0.29, 0.717) is 31.0 Å². The molecule has 30 heavy (non-hydrogen) atoms. The average molecular weight is 426 g/mol. The van der Waals surface area contributed by atoms with Crippen molar-refractivity contribution < 1.29 is 13.9 Å². The van der Waals surface area contributed by atoms with E-state index in [4.69, 9.17) is 4.74 Å². The highest BCUT2D eigenvalue weighted by atomic mass is 32.1. The van der Waals surface area contributed by atoms with E-state index in [9.17, 15) is 9.18 Å². The van der Waals surface area contributed by atoms with Gasteiger partial charge in [0.1, 0.15) is 18.2 Å². The molecule has 1 amide bonds. The number of ether oxygens (including phenoxy) is 1. The summed E-state index contributed by atoms with van der Waals surface area (Å²) in [5.41, 5.74) is 2.50. The molecule has 4 rings (SSSR count). The van der Waals surface area contributed by atoms with Gasteiger partial charge in [0.05, 0.1) is 10.7 Å². The molecule has 5 nitrogen and oxygen atoms in total. The van der Waals surface area contributed by atoms with E-state index < -0.39 is 0 Å². The van der Waals surface area contributed by atoms with Crippen LogP contribution in [0.1, 0.15) is 27.5 Å². The molecular weight excluding hydrogens is 401 g/mol. The van der Waals surface area contributed by atoms with Crippen LogP contribution in [0.15, 0.2) is 53.9 Å². The summed E-state index contributed by atoms with van der Waals surface area (Å²) in [6.07, 6.45) is 0.864. The van der Waals surface area contributed by atoms with Crippen molar-refractivity contribution >= 4 is 22.9 Å². The molecule has 1 fully saturated rings. The molecule has 0 radical (unpaired) electrons. The van der Waals surface area contributed by atoms with Crippen molar-refractivity contribution in [2.45, 2.75) is 20.0 Å². The monoisotopic (exact) mass is 425 g/mol. The lowest BCUT2D eigenvalue weighted by Crippen LogP contribution is -2.35. The van der Waals surface area contributed by atoms with Gasteiger partial charge < -0.3 is 14.5 Å². The van der Waals surface area contributed by atoms with Crippen molar-refractivity contribution in [1.29, 1.82) is 0 Å². The number of hydrogen-bond donors (Lipinski definition) is 0. The molecule has 0 aliphatic carbocycles. The molecule has 0 saturated carbocycles. The molecule has 0 atom stereocenters. The van der Waals surface area contributed by atoms with Crippen LogP contribution >= 0.6 is 11.3 Å². The zero-order valence-electron chi connectivity index (χ0n) is 16.9. The Labute approximate surface area is 179 Å². The number of thiazole rings is 1. The van der Waals surface area contributed by atoms with Crippen LogP contribution in [0.5, 0.6) is 5.75 Å². The number of aryl methyl sites for hydroxylation is 1. The van der Waals surface area contributed by atoms with E-state index in [2.05, 4.69) is 9.88 Å². The van der Waals surface area contributed by atoms with Gasteiger partial charge in [-0.3, -0.25) is 4.79 Å². The number of benzene rings is 2. The molecule has 2 heterocycles. The Kier molecular flexibility index (Phi) is 6.28. The number of carbonyl (C=O) groups excluding carboxylic acids is 1. The second-order valence-electron chi connectivity index (χ2n) is 7.28. The summed E-state index contributed by atoms with van der Waals surface area (Å²) in [5, 5.41) is 2.99. The average Bonchev–Trinajstić information content (AvgIpc) is 3.03. The number of halogens is 1. The third-order valence-corrected chi connectivity index (χ3v) is 5.93. The van der Waals surface area contributed by atoms with Gasteiger partial charge in [-0.1, -0.05) is 6.07 Å². The first-order valence-corrected chi connectivity index (χ1v) is 10.9. The van der Waals surface area contributed by atoms with Crippen LogP contribution in [-0.4, -0.2) is 42.0 Å². The summed E-state index contributed by atoms with van der Waals surface area (Å²) >= 11 is 1.59. The van der Waals surface area contributed by atoms with Crippen LogP contribution in [0.4, 0.5) is 10.1 Å². The number of anilines is 1. The largest absolute Gasteiger partial charge is 0.487 e. The van der Waals surface area contributed by atoms with Gasteiger partial charge in [0.15, 0.2) is 0 Å². The first-order chi connectivity index (χ1) is 14.6. The van der Waals surface area contributed by atoms with E-state index in [0.717, 1.165) is 35.9 Å². The third kappa shape index (κ3) is 4.97. The molecule has 0 bridgehead atoms. The summed E-state index contributed by atoms with van der Waals surface area (Å²) < 4.78 is 19.0. The van der Waals surface area contributed by atoms with Crippen molar-refractivity contribution in [2.75, 3.05) is 31.1 Å². The van der Waals surface area contributed by atoms with Crippen molar-refractivity contribution in [3.63, 3.8) is 0 Å². The van der Waals surface area contributed by atoms with Gasteiger partial charge in [-0.05, 0) is 55.8 Å². The molecule has 7 heteroatoms. The minimum absolute atomic E-state index is 0.00547. The highest BCUT2D eigenvalue weighted by Crippen LogP contribution is 2.20. The first kappa shape index (κ1) is 20.3. The number of amides is 1. The van der Waals surface area contributed by atoms with Crippen LogP contribution < -0.4 is 9.64 Å². The standard InChI is InChI=1S/C23H24FN3O2S/c1-17-25-20(16-30-17)15-29-22-5-2-4-18(14-22)23(28)27-11-3-10-26(12-13-27)21-8-6-19(24)7-9-21/h2,4-9,14,16H,3,10-13,15H2,1H3. The summed E-state index contributed by atoms with van der Waals surface area (Å²) in [6.45, 7) is 5.23. The van der Waals surface area contributed by atoms with E-state index in [1.54, 1.807) is 29.5 Å². The van der Waals surface area contributed by atoms with Gasteiger partial charge in [-0.2, -0.15) is 0 Å². The van der Waals surface area contributed by atoms with Crippen LogP contribution in [0.2, 0.25) is 0 Å². The highest BCUT2D eigenvalue weighted by Gasteiger charge is 2.21. The molecule has 1 aliphatic rings. The van der Waals surface area contributed by atoms with E-state index in [-0.39, 0.29) is 11.7 Å². The van der Waals surface area contributed by atoms with Crippen LogP contribution in [0, 0.1) is 12.7 Å². The van der Waals surface area contributed by atoms with Crippen molar-refractivity contribution in [1.82, 2.24) is 9.88 Å². The second-order valence-corrected chi connectivity index (χ2v) is 8.35. The molecule has 0 N–H and O–H groups in total. The topological polar surface area (TPSA) is 45.7 Å². The Morgan fingerprint density at radius 1 is 1.13 bits per heavy atom. The maximum Gasteiger partial charge on any atom is 0.254 e. The van der Waals surface area contributed by atoms with Gasteiger partial charge in [-0.25, -0.2) is 9.37 Å². The zero-order chi connectivity index (χ0) is 20.9. The summed E-state index contributed by atoms with van der Waals surface area (Å²) in [5.74, 6) is 0.428. The summed E-state index contributed by atoms with van der Waals surface area (Å²) in [7, 11) is 0. The minimum Gasteiger partial charge on any atom is -0.487 e. The Balaban J connectivity index is 1.38. The van der Waals surface area contributed by atoms with Crippen molar-refractivity contribution in [2.24, 2.45) is 0 Å². The second kappa shape index (κ2) is 9.26. The minimum atomic E-state index is -0.239. The lowest BCUT2D eigenvalue weighted by molar-refractivity contribution is 0.0766. The Bertz CT molecular complexity index is 1010. The van der Waals surface area contributed by atoms with Crippen molar-refractivity contribution in [3.05, 3.63) is 76.0 Å². The molecule has 1 aliphatic heterocycles. The van der Waals surface area contributed by atoms with Crippen LogP contribution in [0.3, 0.4) is 0 Å². The molecular formula is C23H24FN3O2S. The fraction of sp³-hybridized carbons (Fsp3) is 0.304. The molecule has 2 aromatic carbocycles. The number of carbonyl (C=O) groups is 1.